The zero-order valence-corrected chi connectivity index (χ0v) is 14.3. The summed E-state index contributed by atoms with van der Waals surface area (Å²) in [4.78, 5) is 18.8. The minimum atomic E-state index is 0.0481. The van der Waals surface area contributed by atoms with Crippen LogP contribution in [0.3, 0.4) is 0 Å². The van der Waals surface area contributed by atoms with E-state index in [2.05, 4.69) is 15.4 Å². The van der Waals surface area contributed by atoms with E-state index in [4.69, 9.17) is 5.11 Å². The second-order valence-electron chi connectivity index (χ2n) is 6.40. The normalized spacial score (nSPS) is 15.3. The Balaban J connectivity index is 1.48. The molecule has 134 valence electrons. The third-order valence-corrected chi connectivity index (χ3v) is 4.56. The Hall–Kier alpha value is -2.41. The zero-order valence-electron chi connectivity index (χ0n) is 14.3. The molecule has 2 aromatic rings. The van der Waals surface area contributed by atoms with Crippen LogP contribution in [0.2, 0.25) is 0 Å². The quantitative estimate of drug-likeness (QED) is 0.747. The molecule has 1 aliphatic heterocycles. The Morgan fingerprint density at radius 2 is 2.16 bits per heavy atom. The van der Waals surface area contributed by atoms with Gasteiger partial charge in [0.05, 0.1) is 5.56 Å². The van der Waals surface area contributed by atoms with E-state index in [1.807, 2.05) is 34.0 Å². The lowest BCUT2D eigenvalue weighted by Gasteiger charge is -2.32. The lowest BCUT2D eigenvalue weighted by molar-refractivity contribution is 0.0681. The standard InChI is InChI=1S/C18H25N5O2/c24-12-2-7-19-17-4-3-16(13-20-17)18(25)22-10-5-15(6-11-22)14-23-9-1-8-21-23/h1,3-4,8-9,13,15,24H,2,5-7,10-12,14H2,(H,19,20). The van der Waals surface area contributed by atoms with Gasteiger partial charge < -0.3 is 15.3 Å². The summed E-state index contributed by atoms with van der Waals surface area (Å²) >= 11 is 0. The second-order valence-corrected chi connectivity index (χ2v) is 6.40. The van der Waals surface area contributed by atoms with Crippen LogP contribution in [0.4, 0.5) is 5.82 Å². The van der Waals surface area contributed by atoms with Gasteiger partial charge >= 0.3 is 0 Å². The molecule has 2 aromatic heterocycles. The fourth-order valence-corrected chi connectivity index (χ4v) is 3.09. The number of anilines is 1. The number of aliphatic hydroxyl groups is 1. The summed E-state index contributed by atoms with van der Waals surface area (Å²) < 4.78 is 1.97. The summed E-state index contributed by atoms with van der Waals surface area (Å²) in [6.07, 6.45) is 8.09. The number of nitrogens with zero attached hydrogens (tertiary/aromatic N) is 4. The topological polar surface area (TPSA) is 83.3 Å². The minimum Gasteiger partial charge on any atom is -0.396 e. The lowest BCUT2D eigenvalue weighted by Crippen LogP contribution is -2.39. The molecular formula is C18H25N5O2. The van der Waals surface area contributed by atoms with E-state index in [0.29, 0.717) is 24.4 Å². The predicted octanol–water partition coefficient (Wildman–Crippen LogP) is 1.62. The van der Waals surface area contributed by atoms with Crippen LogP contribution in [0.1, 0.15) is 29.6 Å². The van der Waals surface area contributed by atoms with Gasteiger partial charge in [-0.25, -0.2) is 4.98 Å². The van der Waals surface area contributed by atoms with Gasteiger partial charge in [-0.05, 0) is 43.4 Å². The highest BCUT2D eigenvalue weighted by atomic mass is 16.3. The predicted molar refractivity (Wildman–Crippen MR) is 95.3 cm³/mol. The van der Waals surface area contributed by atoms with Crippen LogP contribution in [0, 0.1) is 5.92 Å². The summed E-state index contributed by atoms with van der Waals surface area (Å²) in [7, 11) is 0. The number of hydrogen-bond donors (Lipinski definition) is 2. The van der Waals surface area contributed by atoms with E-state index in [9.17, 15) is 4.79 Å². The van der Waals surface area contributed by atoms with Crippen molar-refractivity contribution in [1.29, 1.82) is 0 Å². The number of nitrogens with one attached hydrogen (secondary N) is 1. The van der Waals surface area contributed by atoms with Crippen molar-refractivity contribution in [3.05, 3.63) is 42.4 Å². The van der Waals surface area contributed by atoms with Crippen LogP contribution in [-0.4, -0.2) is 56.9 Å². The molecule has 0 bridgehead atoms. The van der Waals surface area contributed by atoms with E-state index in [-0.39, 0.29) is 12.5 Å². The van der Waals surface area contributed by atoms with Crippen molar-refractivity contribution in [3.8, 4) is 0 Å². The van der Waals surface area contributed by atoms with Crippen molar-refractivity contribution < 1.29 is 9.90 Å². The Morgan fingerprint density at radius 3 is 2.80 bits per heavy atom. The molecule has 0 atom stereocenters. The van der Waals surface area contributed by atoms with Crippen molar-refractivity contribution in [2.45, 2.75) is 25.8 Å². The molecule has 0 unspecified atom stereocenters. The third kappa shape index (κ3) is 4.79. The minimum absolute atomic E-state index is 0.0481. The molecule has 2 N–H and O–H groups in total. The van der Waals surface area contributed by atoms with Crippen molar-refractivity contribution in [2.24, 2.45) is 5.92 Å². The summed E-state index contributed by atoms with van der Waals surface area (Å²) in [6, 6.07) is 5.56. The number of carbonyl (C=O) groups excluding carboxylic acids is 1. The molecule has 0 spiro atoms. The number of likely N-dealkylation sites (tertiary alicyclic amines) is 1. The van der Waals surface area contributed by atoms with Gasteiger partial charge in [-0.1, -0.05) is 0 Å². The molecule has 3 rings (SSSR count). The van der Waals surface area contributed by atoms with E-state index in [0.717, 1.165) is 38.3 Å². The number of rotatable bonds is 7. The summed E-state index contributed by atoms with van der Waals surface area (Å²) in [6.45, 7) is 3.30. The Bertz CT molecular complexity index is 649. The number of aliphatic hydroxyl groups excluding tert-OH is 1. The molecule has 25 heavy (non-hydrogen) atoms. The van der Waals surface area contributed by atoms with Crippen LogP contribution in [0.25, 0.3) is 0 Å². The smallest absolute Gasteiger partial charge is 0.255 e. The van der Waals surface area contributed by atoms with Crippen molar-refractivity contribution in [2.75, 3.05) is 31.6 Å². The maximum Gasteiger partial charge on any atom is 0.255 e. The fraction of sp³-hybridized carbons (Fsp3) is 0.500. The van der Waals surface area contributed by atoms with Gasteiger partial charge in [0.2, 0.25) is 0 Å². The molecule has 0 aliphatic carbocycles. The third-order valence-electron chi connectivity index (χ3n) is 4.56. The molecule has 1 fully saturated rings. The maximum atomic E-state index is 12.6. The Kier molecular flexibility index (Phi) is 6.00. The zero-order chi connectivity index (χ0) is 17.5. The number of aromatic nitrogens is 3. The number of piperidine rings is 1. The van der Waals surface area contributed by atoms with Gasteiger partial charge in [0, 0.05) is 51.4 Å². The van der Waals surface area contributed by atoms with Gasteiger partial charge in [-0.15, -0.1) is 0 Å². The number of carbonyl (C=O) groups is 1. The van der Waals surface area contributed by atoms with Crippen LogP contribution >= 0.6 is 0 Å². The molecule has 7 heteroatoms. The average molecular weight is 343 g/mol. The SMILES string of the molecule is O=C(c1ccc(NCCCO)nc1)N1CCC(Cn2cccn2)CC1. The highest BCUT2D eigenvalue weighted by Gasteiger charge is 2.24. The Labute approximate surface area is 147 Å². The molecular weight excluding hydrogens is 318 g/mol. The highest BCUT2D eigenvalue weighted by Crippen LogP contribution is 2.20. The largest absolute Gasteiger partial charge is 0.396 e. The fourth-order valence-electron chi connectivity index (χ4n) is 3.09. The summed E-state index contributed by atoms with van der Waals surface area (Å²) in [5.74, 6) is 1.34. The van der Waals surface area contributed by atoms with Crippen LogP contribution < -0.4 is 5.32 Å². The van der Waals surface area contributed by atoms with Gasteiger partial charge in [0.25, 0.3) is 5.91 Å². The first kappa shape index (κ1) is 17.4. The van der Waals surface area contributed by atoms with Crippen LogP contribution in [0.15, 0.2) is 36.8 Å². The lowest BCUT2D eigenvalue weighted by atomic mass is 9.96. The van der Waals surface area contributed by atoms with E-state index in [1.54, 1.807) is 12.4 Å². The van der Waals surface area contributed by atoms with Crippen molar-refractivity contribution >= 4 is 11.7 Å². The first-order chi connectivity index (χ1) is 12.3. The van der Waals surface area contributed by atoms with E-state index < -0.39 is 0 Å². The highest BCUT2D eigenvalue weighted by molar-refractivity contribution is 5.94. The first-order valence-corrected chi connectivity index (χ1v) is 8.84. The van der Waals surface area contributed by atoms with Gasteiger partial charge in [0.15, 0.2) is 0 Å². The van der Waals surface area contributed by atoms with Gasteiger partial charge in [-0.2, -0.15) is 5.10 Å². The van der Waals surface area contributed by atoms with Crippen LogP contribution in [0.5, 0.6) is 0 Å². The second kappa shape index (κ2) is 8.62. The first-order valence-electron chi connectivity index (χ1n) is 8.84. The van der Waals surface area contributed by atoms with Gasteiger partial charge in [0.1, 0.15) is 5.82 Å². The molecule has 1 amide bonds. The molecule has 1 saturated heterocycles. The van der Waals surface area contributed by atoms with Crippen molar-refractivity contribution in [3.63, 3.8) is 0 Å². The summed E-state index contributed by atoms with van der Waals surface area (Å²) in [5.41, 5.74) is 0.623. The molecule has 0 radical (unpaired) electrons. The number of hydrogen-bond acceptors (Lipinski definition) is 5. The van der Waals surface area contributed by atoms with Crippen molar-refractivity contribution in [1.82, 2.24) is 19.7 Å². The monoisotopic (exact) mass is 343 g/mol. The summed E-state index contributed by atoms with van der Waals surface area (Å²) in [5, 5.41) is 16.1. The van der Waals surface area contributed by atoms with Gasteiger partial charge in [-0.3, -0.25) is 9.48 Å². The number of amides is 1. The van der Waals surface area contributed by atoms with E-state index >= 15 is 0 Å². The van der Waals surface area contributed by atoms with E-state index in [1.165, 1.54) is 0 Å². The Morgan fingerprint density at radius 1 is 1.32 bits per heavy atom. The molecule has 0 saturated carbocycles. The molecule has 3 heterocycles. The molecule has 1 aliphatic rings. The average Bonchev–Trinajstić information content (AvgIpc) is 3.16. The number of pyridine rings is 1. The molecule has 0 aromatic carbocycles. The van der Waals surface area contributed by atoms with Crippen LogP contribution in [-0.2, 0) is 6.54 Å². The maximum absolute atomic E-state index is 12.6. The molecule has 7 nitrogen and oxygen atoms in total.